The van der Waals surface area contributed by atoms with E-state index < -0.39 is 10.0 Å². The fourth-order valence-electron chi connectivity index (χ4n) is 2.52. The molecule has 1 aromatic rings. The molecule has 0 unspecified atom stereocenters. The van der Waals surface area contributed by atoms with Crippen LogP contribution in [0, 0.1) is 6.92 Å². The van der Waals surface area contributed by atoms with Crippen LogP contribution in [0.2, 0.25) is 0 Å². The van der Waals surface area contributed by atoms with Crippen molar-refractivity contribution < 1.29 is 8.42 Å². The SMILES string of the molecule is Cc1cc(Br)c(N)cc1S(=O)(=O)N(C)CCN1CCCC1. The Morgan fingerprint density at radius 2 is 1.95 bits per heavy atom. The number of aryl methyl sites for hydroxylation is 1. The van der Waals surface area contributed by atoms with Crippen LogP contribution >= 0.6 is 15.9 Å². The summed E-state index contributed by atoms with van der Waals surface area (Å²) in [6.07, 6.45) is 2.41. The maximum atomic E-state index is 12.7. The summed E-state index contributed by atoms with van der Waals surface area (Å²) in [6, 6.07) is 3.28. The van der Waals surface area contributed by atoms with Gasteiger partial charge >= 0.3 is 0 Å². The molecular weight excluding hydrogens is 354 g/mol. The Labute approximate surface area is 135 Å². The number of benzene rings is 1. The van der Waals surface area contributed by atoms with Crippen LogP contribution in [0.5, 0.6) is 0 Å². The van der Waals surface area contributed by atoms with Crippen LogP contribution in [0.25, 0.3) is 0 Å². The van der Waals surface area contributed by atoms with Crippen molar-refractivity contribution >= 4 is 31.6 Å². The Balaban J connectivity index is 2.14. The number of hydrogen-bond acceptors (Lipinski definition) is 4. The molecule has 1 aliphatic heterocycles. The molecule has 0 spiro atoms. The van der Waals surface area contributed by atoms with Crippen LogP contribution in [-0.4, -0.2) is 50.8 Å². The second kappa shape index (κ2) is 6.64. The molecule has 0 bridgehead atoms. The number of nitrogens with zero attached hydrogens (tertiary/aromatic N) is 2. The maximum Gasteiger partial charge on any atom is 0.243 e. The molecule has 0 amide bonds. The molecule has 1 fully saturated rings. The lowest BCUT2D eigenvalue weighted by atomic mass is 10.2. The first-order chi connectivity index (χ1) is 9.82. The Morgan fingerprint density at radius 3 is 2.57 bits per heavy atom. The first kappa shape index (κ1) is 16.7. The average molecular weight is 376 g/mol. The maximum absolute atomic E-state index is 12.7. The van der Waals surface area contributed by atoms with Gasteiger partial charge in [-0.25, -0.2) is 8.42 Å². The highest BCUT2D eigenvalue weighted by molar-refractivity contribution is 9.10. The Hall–Kier alpha value is -0.630. The van der Waals surface area contributed by atoms with Gasteiger partial charge in [0, 0.05) is 30.3 Å². The summed E-state index contributed by atoms with van der Waals surface area (Å²) in [5.74, 6) is 0. The van der Waals surface area contributed by atoms with Crippen molar-refractivity contribution in [2.45, 2.75) is 24.7 Å². The highest BCUT2D eigenvalue weighted by Crippen LogP contribution is 2.28. The Kier molecular flexibility index (Phi) is 5.29. The fourth-order valence-corrected chi connectivity index (χ4v) is 4.38. The van der Waals surface area contributed by atoms with Gasteiger partial charge in [-0.1, -0.05) is 0 Å². The van der Waals surface area contributed by atoms with Gasteiger partial charge in [-0.05, 0) is 66.5 Å². The number of sulfonamides is 1. The molecule has 1 aromatic carbocycles. The summed E-state index contributed by atoms with van der Waals surface area (Å²) in [6.45, 7) is 5.19. The van der Waals surface area contributed by atoms with Gasteiger partial charge < -0.3 is 10.6 Å². The third kappa shape index (κ3) is 3.77. The van der Waals surface area contributed by atoms with Crippen LogP contribution in [0.4, 0.5) is 5.69 Å². The number of halogens is 1. The second-order valence-corrected chi connectivity index (χ2v) is 8.38. The lowest BCUT2D eigenvalue weighted by Crippen LogP contribution is -2.35. The third-order valence-corrected chi connectivity index (χ3v) is 6.60. The van der Waals surface area contributed by atoms with Crippen molar-refractivity contribution in [2.75, 3.05) is 39.0 Å². The van der Waals surface area contributed by atoms with Crippen LogP contribution in [0.1, 0.15) is 18.4 Å². The zero-order valence-electron chi connectivity index (χ0n) is 12.5. The van der Waals surface area contributed by atoms with Crippen LogP contribution in [-0.2, 0) is 10.0 Å². The normalized spacial score (nSPS) is 16.8. The molecule has 7 heteroatoms. The van der Waals surface area contributed by atoms with E-state index >= 15 is 0 Å². The van der Waals surface area contributed by atoms with Gasteiger partial charge in [-0.3, -0.25) is 0 Å². The Bertz CT molecular complexity index is 613. The molecule has 118 valence electrons. The van der Waals surface area contributed by atoms with Gasteiger partial charge in [0.05, 0.1) is 4.90 Å². The molecule has 0 radical (unpaired) electrons. The number of nitrogen functional groups attached to an aromatic ring is 1. The third-order valence-electron chi connectivity index (χ3n) is 3.91. The van der Waals surface area contributed by atoms with Crippen molar-refractivity contribution in [3.05, 3.63) is 22.2 Å². The minimum absolute atomic E-state index is 0.284. The Morgan fingerprint density at radius 1 is 1.33 bits per heavy atom. The van der Waals surface area contributed by atoms with E-state index in [2.05, 4.69) is 20.8 Å². The molecule has 0 aliphatic carbocycles. The second-order valence-electron chi connectivity index (χ2n) is 5.51. The van der Waals surface area contributed by atoms with Gasteiger partial charge in [0.1, 0.15) is 0 Å². The minimum Gasteiger partial charge on any atom is -0.398 e. The first-order valence-electron chi connectivity index (χ1n) is 7.06. The predicted molar refractivity (Wildman–Crippen MR) is 88.8 cm³/mol. The van der Waals surface area contributed by atoms with E-state index in [9.17, 15) is 8.42 Å². The molecule has 1 aliphatic rings. The molecule has 0 aromatic heterocycles. The van der Waals surface area contributed by atoms with Crippen LogP contribution in [0.3, 0.4) is 0 Å². The van der Waals surface area contributed by atoms with Gasteiger partial charge in [-0.15, -0.1) is 0 Å². The number of anilines is 1. The van der Waals surface area contributed by atoms with E-state index in [1.165, 1.54) is 23.2 Å². The molecule has 5 nitrogen and oxygen atoms in total. The van der Waals surface area contributed by atoms with E-state index in [0.29, 0.717) is 17.8 Å². The number of likely N-dealkylation sites (N-methyl/N-ethyl adjacent to an activating group) is 1. The molecule has 21 heavy (non-hydrogen) atoms. The number of nitrogens with two attached hydrogens (primary N) is 1. The highest BCUT2D eigenvalue weighted by Gasteiger charge is 2.24. The fraction of sp³-hybridized carbons (Fsp3) is 0.571. The van der Waals surface area contributed by atoms with Crippen molar-refractivity contribution in [3.8, 4) is 0 Å². The average Bonchev–Trinajstić information content (AvgIpc) is 2.93. The first-order valence-corrected chi connectivity index (χ1v) is 9.30. The molecule has 1 saturated heterocycles. The van der Waals surface area contributed by atoms with Crippen LogP contribution < -0.4 is 5.73 Å². The monoisotopic (exact) mass is 375 g/mol. The topological polar surface area (TPSA) is 66.6 Å². The van der Waals surface area contributed by atoms with Gasteiger partial charge in [0.2, 0.25) is 10.0 Å². The molecule has 0 saturated carbocycles. The molecule has 2 rings (SSSR count). The number of rotatable bonds is 5. The van der Waals surface area contributed by atoms with Crippen molar-refractivity contribution in [1.82, 2.24) is 9.21 Å². The van der Waals surface area contributed by atoms with Gasteiger partial charge in [-0.2, -0.15) is 4.31 Å². The summed E-state index contributed by atoms with van der Waals surface area (Å²) in [7, 11) is -1.87. The van der Waals surface area contributed by atoms with Crippen molar-refractivity contribution in [1.29, 1.82) is 0 Å². The summed E-state index contributed by atoms with van der Waals surface area (Å²) in [4.78, 5) is 2.58. The largest absolute Gasteiger partial charge is 0.398 e. The lowest BCUT2D eigenvalue weighted by Gasteiger charge is -2.22. The number of hydrogen-bond donors (Lipinski definition) is 1. The summed E-state index contributed by atoms with van der Waals surface area (Å²) >= 11 is 3.32. The molecule has 0 atom stereocenters. The molecule has 1 heterocycles. The van der Waals surface area contributed by atoms with E-state index in [1.807, 2.05) is 0 Å². The van der Waals surface area contributed by atoms with Gasteiger partial charge in [0.25, 0.3) is 0 Å². The summed E-state index contributed by atoms with van der Waals surface area (Å²) in [5, 5.41) is 0. The summed E-state index contributed by atoms with van der Waals surface area (Å²) in [5.41, 5.74) is 6.96. The van der Waals surface area contributed by atoms with E-state index in [0.717, 1.165) is 24.1 Å². The minimum atomic E-state index is -3.49. The zero-order valence-corrected chi connectivity index (χ0v) is 14.9. The quantitative estimate of drug-likeness (QED) is 0.799. The summed E-state index contributed by atoms with van der Waals surface area (Å²) < 4.78 is 27.5. The molecular formula is C14H22BrN3O2S. The van der Waals surface area contributed by atoms with E-state index in [1.54, 1.807) is 20.0 Å². The molecule has 2 N–H and O–H groups in total. The zero-order chi connectivity index (χ0) is 15.6. The van der Waals surface area contributed by atoms with Crippen molar-refractivity contribution in [2.24, 2.45) is 0 Å². The standard InChI is InChI=1S/C14H22BrN3O2S/c1-11-9-12(15)13(16)10-14(11)21(19,20)17(2)7-8-18-5-3-4-6-18/h9-10H,3-8,16H2,1-2H3. The highest BCUT2D eigenvalue weighted by atomic mass is 79.9. The lowest BCUT2D eigenvalue weighted by molar-refractivity contribution is 0.310. The van der Waals surface area contributed by atoms with Gasteiger partial charge in [0.15, 0.2) is 0 Å². The van der Waals surface area contributed by atoms with E-state index in [-0.39, 0.29) is 4.90 Å². The smallest absolute Gasteiger partial charge is 0.243 e. The van der Waals surface area contributed by atoms with E-state index in [4.69, 9.17) is 5.73 Å². The van der Waals surface area contributed by atoms with Crippen molar-refractivity contribution in [3.63, 3.8) is 0 Å². The van der Waals surface area contributed by atoms with Crippen LogP contribution in [0.15, 0.2) is 21.5 Å². The number of likely N-dealkylation sites (tertiary alicyclic amines) is 1. The predicted octanol–water partition coefficient (Wildman–Crippen LogP) is 2.06.